The van der Waals surface area contributed by atoms with Crippen molar-refractivity contribution in [3.8, 4) is 0 Å². The van der Waals surface area contributed by atoms with Gasteiger partial charge in [0.1, 0.15) is 5.69 Å². The lowest BCUT2D eigenvalue weighted by molar-refractivity contribution is 0.0860. The Kier molecular flexibility index (Phi) is 6.56. The molecule has 1 fully saturated rings. The molecular formula is C27H27ClN6O2S. The highest BCUT2D eigenvalue weighted by Gasteiger charge is 2.30. The van der Waals surface area contributed by atoms with E-state index >= 15 is 0 Å². The number of carbonyl (C=O) groups excluding carboxylic acids is 2. The SMILES string of the molecule is O=C(NC1CCCC[C@H]1NC(=O)c1nc2c(s1)CN(c1ccncc1)CC2)c1cc2cc(Cl)ccc2[nH]1. The molecule has 2 amide bonds. The lowest BCUT2D eigenvalue weighted by atomic mass is 9.90. The average molecular weight is 535 g/mol. The van der Waals surface area contributed by atoms with E-state index in [1.165, 1.54) is 11.3 Å². The summed E-state index contributed by atoms with van der Waals surface area (Å²) >= 11 is 7.55. The average Bonchev–Trinajstić information content (AvgIpc) is 3.54. The van der Waals surface area contributed by atoms with Crippen LogP contribution in [0.25, 0.3) is 10.9 Å². The Balaban J connectivity index is 1.12. The predicted molar refractivity (Wildman–Crippen MR) is 145 cm³/mol. The first-order valence-electron chi connectivity index (χ1n) is 12.6. The number of halogens is 1. The number of H-pyrrole nitrogens is 1. The van der Waals surface area contributed by atoms with Gasteiger partial charge in [0.2, 0.25) is 0 Å². The number of thiazole rings is 1. The van der Waals surface area contributed by atoms with Gasteiger partial charge in [0, 0.05) is 63.9 Å². The molecular weight excluding hydrogens is 508 g/mol. The number of anilines is 1. The fourth-order valence-corrected chi connectivity index (χ4v) is 6.45. The van der Waals surface area contributed by atoms with Crippen molar-refractivity contribution in [3.63, 3.8) is 0 Å². The van der Waals surface area contributed by atoms with Crippen LogP contribution >= 0.6 is 22.9 Å². The minimum atomic E-state index is -0.181. The van der Waals surface area contributed by atoms with Crippen LogP contribution in [0.1, 0.15) is 56.5 Å². The van der Waals surface area contributed by atoms with Gasteiger partial charge in [-0.1, -0.05) is 24.4 Å². The largest absolute Gasteiger partial charge is 0.366 e. The number of aromatic amines is 1. The molecule has 0 radical (unpaired) electrons. The van der Waals surface area contributed by atoms with Gasteiger partial charge < -0.3 is 20.5 Å². The van der Waals surface area contributed by atoms with E-state index in [2.05, 4.69) is 30.5 Å². The number of aromatic nitrogens is 3. The summed E-state index contributed by atoms with van der Waals surface area (Å²) in [5.41, 5.74) is 3.48. The Morgan fingerprint density at radius 2 is 1.78 bits per heavy atom. The molecule has 0 spiro atoms. The van der Waals surface area contributed by atoms with Crippen LogP contribution in [0.2, 0.25) is 5.02 Å². The molecule has 190 valence electrons. The molecule has 37 heavy (non-hydrogen) atoms. The summed E-state index contributed by atoms with van der Waals surface area (Å²) in [5, 5.41) is 8.32. The molecule has 8 nitrogen and oxygen atoms in total. The summed E-state index contributed by atoms with van der Waals surface area (Å²) in [4.78, 5) is 41.6. The summed E-state index contributed by atoms with van der Waals surface area (Å²) < 4.78 is 0. The zero-order valence-electron chi connectivity index (χ0n) is 20.2. The van der Waals surface area contributed by atoms with Gasteiger partial charge in [0.25, 0.3) is 11.8 Å². The molecule has 4 aromatic rings. The molecule has 3 aromatic heterocycles. The Bertz CT molecular complexity index is 1450. The number of hydrogen-bond acceptors (Lipinski definition) is 6. The van der Waals surface area contributed by atoms with Crippen LogP contribution in [0, 0.1) is 0 Å². The van der Waals surface area contributed by atoms with Crippen molar-refractivity contribution in [2.75, 3.05) is 11.4 Å². The smallest absolute Gasteiger partial charge is 0.280 e. The summed E-state index contributed by atoms with van der Waals surface area (Å²) in [7, 11) is 0. The topological polar surface area (TPSA) is 103 Å². The molecule has 0 saturated heterocycles. The van der Waals surface area contributed by atoms with E-state index in [0.29, 0.717) is 15.7 Å². The maximum atomic E-state index is 13.2. The van der Waals surface area contributed by atoms with Crippen LogP contribution in [0.3, 0.4) is 0 Å². The number of fused-ring (bicyclic) bond motifs is 2. The third-order valence-corrected chi connectivity index (χ3v) is 8.50. The molecule has 1 aliphatic carbocycles. The highest BCUT2D eigenvalue weighted by molar-refractivity contribution is 7.13. The van der Waals surface area contributed by atoms with Gasteiger partial charge in [-0.15, -0.1) is 11.3 Å². The molecule has 1 aromatic carbocycles. The van der Waals surface area contributed by atoms with Gasteiger partial charge in [-0.3, -0.25) is 14.6 Å². The van der Waals surface area contributed by atoms with Crippen LogP contribution in [0.5, 0.6) is 0 Å². The molecule has 10 heteroatoms. The lowest BCUT2D eigenvalue weighted by Crippen LogP contribution is -2.53. The summed E-state index contributed by atoms with van der Waals surface area (Å²) in [6.45, 7) is 1.60. The molecule has 1 unspecified atom stereocenters. The molecule has 1 aliphatic heterocycles. The van der Waals surface area contributed by atoms with Gasteiger partial charge in [-0.2, -0.15) is 0 Å². The van der Waals surface area contributed by atoms with Gasteiger partial charge in [-0.25, -0.2) is 4.98 Å². The van der Waals surface area contributed by atoms with Crippen molar-refractivity contribution in [3.05, 3.63) is 75.1 Å². The van der Waals surface area contributed by atoms with Crippen molar-refractivity contribution >= 4 is 51.3 Å². The van der Waals surface area contributed by atoms with Crippen molar-refractivity contribution < 1.29 is 9.59 Å². The first-order valence-corrected chi connectivity index (χ1v) is 13.8. The number of amides is 2. The van der Waals surface area contributed by atoms with Crippen LogP contribution in [-0.2, 0) is 13.0 Å². The molecule has 2 aliphatic rings. The quantitative estimate of drug-likeness (QED) is 0.344. The van der Waals surface area contributed by atoms with E-state index in [0.717, 1.165) is 72.4 Å². The Morgan fingerprint density at radius 1 is 1.03 bits per heavy atom. The first-order chi connectivity index (χ1) is 18.0. The van der Waals surface area contributed by atoms with E-state index in [4.69, 9.17) is 11.6 Å². The zero-order chi connectivity index (χ0) is 25.4. The van der Waals surface area contributed by atoms with E-state index in [1.807, 2.05) is 30.3 Å². The van der Waals surface area contributed by atoms with Crippen LogP contribution in [0.4, 0.5) is 5.69 Å². The van der Waals surface area contributed by atoms with Crippen molar-refractivity contribution in [1.82, 2.24) is 25.6 Å². The zero-order valence-corrected chi connectivity index (χ0v) is 21.7. The third-order valence-electron chi connectivity index (χ3n) is 7.18. The van der Waals surface area contributed by atoms with E-state index in [-0.39, 0.29) is 23.9 Å². The molecule has 6 rings (SSSR count). The fourth-order valence-electron chi connectivity index (χ4n) is 5.25. The van der Waals surface area contributed by atoms with Crippen molar-refractivity contribution in [1.29, 1.82) is 0 Å². The maximum Gasteiger partial charge on any atom is 0.280 e. The highest BCUT2D eigenvalue weighted by atomic mass is 35.5. The number of nitrogens with zero attached hydrogens (tertiary/aromatic N) is 3. The van der Waals surface area contributed by atoms with Crippen LogP contribution in [0.15, 0.2) is 48.8 Å². The summed E-state index contributed by atoms with van der Waals surface area (Å²) in [6, 6.07) is 11.0. The van der Waals surface area contributed by atoms with E-state index in [1.54, 1.807) is 18.5 Å². The monoisotopic (exact) mass is 534 g/mol. The van der Waals surface area contributed by atoms with E-state index in [9.17, 15) is 9.59 Å². The molecule has 2 atom stereocenters. The normalized spacial score (nSPS) is 19.4. The fraction of sp³-hybridized carbons (Fsp3) is 0.333. The molecule has 1 saturated carbocycles. The van der Waals surface area contributed by atoms with Crippen molar-refractivity contribution in [2.45, 2.75) is 50.7 Å². The van der Waals surface area contributed by atoms with Crippen LogP contribution < -0.4 is 15.5 Å². The number of benzene rings is 1. The van der Waals surface area contributed by atoms with Gasteiger partial charge in [-0.05, 0) is 49.2 Å². The molecule has 0 bridgehead atoms. The predicted octanol–water partition coefficient (Wildman–Crippen LogP) is 4.71. The summed E-state index contributed by atoms with van der Waals surface area (Å²) in [6.07, 6.45) is 8.05. The highest BCUT2D eigenvalue weighted by Crippen LogP contribution is 2.29. The van der Waals surface area contributed by atoms with Gasteiger partial charge in [0.05, 0.1) is 12.2 Å². The molecule has 3 N–H and O–H groups in total. The second-order valence-corrected chi connectivity index (χ2v) is 11.1. The Hall–Kier alpha value is -3.43. The summed E-state index contributed by atoms with van der Waals surface area (Å²) in [5.74, 6) is -0.347. The third kappa shape index (κ3) is 5.06. The number of rotatable bonds is 5. The Morgan fingerprint density at radius 3 is 2.57 bits per heavy atom. The Labute approximate surface area is 223 Å². The second-order valence-electron chi connectivity index (χ2n) is 9.62. The van der Waals surface area contributed by atoms with Crippen LogP contribution in [-0.4, -0.2) is 45.4 Å². The number of pyridine rings is 1. The van der Waals surface area contributed by atoms with Gasteiger partial charge >= 0.3 is 0 Å². The minimum Gasteiger partial charge on any atom is -0.366 e. The number of carbonyl (C=O) groups is 2. The second kappa shape index (κ2) is 10.1. The standard InChI is InChI=1S/C27H27ClN6O2S/c28-17-5-6-19-16(13-17)14-23(30-19)25(35)31-20-3-1-2-4-21(20)32-26(36)27-33-22-9-12-34(15-24(22)37-27)18-7-10-29-11-8-18/h5-8,10-11,13-14,20-21,30H,1-4,9,12,15H2,(H,31,35)(H,32,36)/t20?,21-/m1/s1. The molecule has 4 heterocycles. The van der Waals surface area contributed by atoms with Gasteiger partial charge in [0.15, 0.2) is 5.01 Å². The minimum absolute atomic E-state index is 0.140. The number of hydrogen-bond donors (Lipinski definition) is 3. The van der Waals surface area contributed by atoms with Crippen molar-refractivity contribution in [2.24, 2.45) is 0 Å². The number of nitrogens with one attached hydrogen (secondary N) is 3. The first kappa shape index (κ1) is 23.9. The lowest BCUT2D eigenvalue weighted by Gasteiger charge is -2.32. The maximum absolute atomic E-state index is 13.2. The van der Waals surface area contributed by atoms with E-state index < -0.39 is 0 Å².